The summed E-state index contributed by atoms with van der Waals surface area (Å²) < 4.78 is 0. The number of aliphatic carboxylic acids is 1. The first-order valence-electron chi connectivity index (χ1n) is 3.61. The first kappa shape index (κ1) is 10.8. The Bertz CT molecular complexity index is 119. The SMILES string of the molecule is CNC(CCCSC)C(=O)O. The van der Waals surface area contributed by atoms with Crippen LogP contribution in [0.1, 0.15) is 12.8 Å². The molecule has 0 aliphatic carbocycles. The molecule has 0 aliphatic heterocycles. The van der Waals surface area contributed by atoms with E-state index in [-0.39, 0.29) is 6.04 Å². The Kier molecular flexibility index (Phi) is 6.36. The predicted molar refractivity (Wildman–Crippen MR) is 48.1 cm³/mol. The second-order valence-corrected chi connectivity index (χ2v) is 3.30. The lowest BCUT2D eigenvalue weighted by Gasteiger charge is -2.09. The Labute approximate surface area is 71.6 Å². The summed E-state index contributed by atoms with van der Waals surface area (Å²) in [6.45, 7) is 0. The van der Waals surface area contributed by atoms with E-state index in [1.54, 1.807) is 18.8 Å². The molecule has 4 heteroatoms. The quantitative estimate of drug-likeness (QED) is 0.589. The third-order valence-corrected chi connectivity index (χ3v) is 2.18. The fraction of sp³-hybridized carbons (Fsp3) is 0.857. The van der Waals surface area contributed by atoms with Crippen LogP contribution < -0.4 is 5.32 Å². The molecule has 2 N–H and O–H groups in total. The molecule has 11 heavy (non-hydrogen) atoms. The van der Waals surface area contributed by atoms with Gasteiger partial charge in [-0.2, -0.15) is 11.8 Å². The van der Waals surface area contributed by atoms with Crippen LogP contribution in [0.4, 0.5) is 0 Å². The molecule has 0 fully saturated rings. The van der Waals surface area contributed by atoms with E-state index >= 15 is 0 Å². The third kappa shape index (κ3) is 5.09. The van der Waals surface area contributed by atoms with Gasteiger partial charge in [0.05, 0.1) is 0 Å². The van der Waals surface area contributed by atoms with E-state index in [1.807, 2.05) is 6.26 Å². The summed E-state index contributed by atoms with van der Waals surface area (Å²) in [5, 5.41) is 11.4. The lowest BCUT2D eigenvalue weighted by Crippen LogP contribution is -2.33. The minimum atomic E-state index is -0.756. The Morgan fingerprint density at radius 2 is 2.36 bits per heavy atom. The molecule has 0 spiro atoms. The van der Waals surface area contributed by atoms with Gasteiger partial charge < -0.3 is 10.4 Å². The molecule has 66 valence electrons. The van der Waals surface area contributed by atoms with Gasteiger partial charge in [0.1, 0.15) is 6.04 Å². The summed E-state index contributed by atoms with van der Waals surface area (Å²) in [4.78, 5) is 10.5. The summed E-state index contributed by atoms with van der Waals surface area (Å²) >= 11 is 1.75. The number of carboxylic acids is 1. The Balaban J connectivity index is 3.44. The van der Waals surface area contributed by atoms with E-state index in [4.69, 9.17) is 5.11 Å². The molecule has 0 aromatic carbocycles. The molecule has 0 heterocycles. The minimum Gasteiger partial charge on any atom is -0.480 e. The smallest absolute Gasteiger partial charge is 0.320 e. The fourth-order valence-electron chi connectivity index (χ4n) is 0.823. The lowest BCUT2D eigenvalue weighted by atomic mass is 10.2. The molecule has 0 rings (SSSR count). The van der Waals surface area contributed by atoms with Crippen molar-refractivity contribution in [2.45, 2.75) is 18.9 Å². The van der Waals surface area contributed by atoms with Crippen LogP contribution in [0.5, 0.6) is 0 Å². The summed E-state index contributed by atoms with van der Waals surface area (Å²) in [6, 6.07) is -0.373. The van der Waals surface area contributed by atoms with E-state index in [0.717, 1.165) is 12.2 Å². The molecule has 0 aromatic rings. The second kappa shape index (κ2) is 6.49. The highest BCUT2D eigenvalue weighted by Gasteiger charge is 2.12. The summed E-state index contributed by atoms with van der Waals surface area (Å²) in [7, 11) is 1.68. The van der Waals surface area contributed by atoms with Gasteiger partial charge in [0.25, 0.3) is 0 Å². The van der Waals surface area contributed by atoms with Gasteiger partial charge in [-0.3, -0.25) is 4.79 Å². The Morgan fingerprint density at radius 3 is 2.73 bits per heavy atom. The van der Waals surface area contributed by atoms with Crippen LogP contribution in [0, 0.1) is 0 Å². The molecule has 0 saturated heterocycles. The van der Waals surface area contributed by atoms with Crippen molar-refractivity contribution >= 4 is 17.7 Å². The minimum absolute atomic E-state index is 0.373. The van der Waals surface area contributed by atoms with Gasteiger partial charge in [0, 0.05) is 0 Å². The number of hydrogen-bond acceptors (Lipinski definition) is 3. The molecule has 0 amide bonds. The van der Waals surface area contributed by atoms with Crippen molar-refractivity contribution in [3.8, 4) is 0 Å². The van der Waals surface area contributed by atoms with Gasteiger partial charge in [-0.25, -0.2) is 0 Å². The van der Waals surface area contributed by atoms with E-state index in [0.29, 0.717) is 6.42 Å². The van der Waals surface area contributed by atoms with Crippen molar-refractivity contribution in [3.05, 3.63) is 0 Å². The molecule has 0 aromatic heterocycles. The highest BCUT2D eigenvalue weighted by molar-refractivity contribution is 7.98. The number of carboxylic acid groups (broad SMARTS) is 1. The first-order chi connectivity index (χ1) is 5.22. The molecule has 0 saturated carbocycles. The zero-order valence-corrected chi connectivity index (χ0v) is 7.78. The summed E-state index contributed by atoms with van der Waals surface area (Å²) in [5.41, 5.74) is 0. The normalized spacial score (nSPS) is 12.9. The van der Waals surface area contributed by atoms with Crippen LogP contribution in [0.2, 0.25) is 0 Å². The maximum absolute atomic E-state index is 10.5. The molecule has 0 radical (unpaired) electrons. The average molecular weight is 177 g/mol. The number of nitrogens with one attached hydrogen (secondary N) is 1. The predicted octanol–water partition coefficient (Wildman–Crippen LogP) is 0.802. The van der Waals surface area contributed by atoms with Crippen LogP contribution in [-0.4, -0.2) is 36.2 Å². The van der Waals surface area contributed by atoms with E-state index in [2.05, 4.69) is 5.32 Å². The maximum atomic E-state index is 10.5. The van der Waals surface area contributed by atoms with Crippen LogP contribution in [0.15, 0.2) is 0 Å². The van der Waals surface area contributed by atoms with Gasteiger partial charge in [0.2, 0.25) is 0 Å². The van der Waals surface area contributed by atoms with Crippen molar-refractivity contribution in [2.24, 2.45) is 0 Å². The maximum Gasteiger partial charge on any atom is 0.320 e. The number of hydrogen-bond donors (Lipinski definition) is 2. The molecule has 3 nitrogen and oxygen atoms in total. The van der Waals surface area contributed by atoms with E-state index in [9.17, 15) is 4.79 Å². The van der Waals surface area contributed by atoms with Gasteiger partial charge in [-0.1, -0.05) is 0 Å². The summed E-state index contributed by atoms with van der Waals surface area (Å²) in [5.74, 6) is 0.277. The molecule has 1 atom stereocenters. The van der Waals surface area contributed by atoms with Crippen LogP contribution in [0.3, 0.4) is 0 Å². The highest BCUT2D eigenvalue weighted by atomic mass is 32.2. The van der Waals surface area contributed by atoms with Crippen LogP contribution in [-0.2, 0) is 4.79 Å². The number of carbonyl (C=O) groups is 1. The van der Waals surface area contributed by atoms with Crippen LogP contribution >= 0.6 is 11.8 Å². The van der Waals surface area contributed by atoms with Gasteiger partial charge >= 0.3 is 5.97 Å². The zero-order valence-electron chi connectivity index (χ0n) is 6.96. The topological polar surface area (TPSA) is 49.3 Å². The molecular formula is C7H15NO2S. The van der Waals surface area contributed by atoms with Crippen molar-refractivity contribution in [2.75, 3.05) is 19.1 Å². The van der Waals surface area contributed by atoms with Gasteiger partial charge in [-0.05, 0) is 31.9 Å². The molecular weight excluding hydrogens is 162 g/mol. The monoisotopic (exact) mass is 177 g/mol. The van der Waals surface area contributed by atoms with Crippen molar-refractivity contribution in [1.29, 1.82) is 0 Å². The standard InChI is InChI=1S/C7H15NO2S/c1-8-6(7(9)10)4-3-5-11-2/h6,8H,3-5H2,1-2H3,(H,9,10). The van der Waals surface area contributed by atoms with Gasteiger partial charge in [-0.15, -0.1) is 0 Å². The van der Waals surface area contributed by atoms with Crippen molar-refractivity contribution in [3.63, 3.8) is 0 Å². The number of thioether (sulfide) groups is 1. The zero-order chi connectivity index (χ0) is 8.69. The average Bonchev–Trinajstić information content (AvgIpc) is 1.97. The molecule has 1 unspecified atom stereocenters. The number of likely N-dealkylation sites (N-methyl/N-ethyl adjacent to an activating group) is 1. The van der Waals surface area contributed by atoms with Crippen molar-refractivity contribution in [1.82, 2.24) is 5.32 Å². The third-order valence-electron chi connectivity index (χ3n) is 1.49. The van der Waals surface area contributed by atoms with E-state index in [1.165, 1.54) is 0 Å². The molecule has 0 bridgehead atoms. The fourth-order valence-corrected chi connectivity index (χ4v) is 1.28. The summed E-state index contributed by atoms with van der Waals surface area (Å²) in [6.07, 6.45) is 3.70. The first-order valence-corrected chi connectivity index (χ1v) is 5.00. The van der Waals surface area contributed by atoms with Crippen LogP contribution in [0.25, 0.3) is 0 Å². The lowest BCUT2D eigenvalue weighted by molar-refractivity contribution is -0.139. The second-order valence-electron chi connectivity index (χ2n) is 2.31. The van der Waals surface area contributed by atoms with Crippen molar-refractivity contribution < 1.29 is 9.90 Å². The van der Waals surface area contributed by atoms with E-state index < -0.39 is 5.97 Å². The molecule has 0 aliphatic rings. The highest BCUT2D eigenvalue weighted by Crippen LogP contribution is 2.02. The Hall–Kier alpha value is -0.220. The Morgan fingerprint density at radius 1 is 1.73 bits per heavy atom. The number of rotatable bonds is 6. The van der Waals surface area contributed by atoms with Gasteiger partial charge in [0.15, 0.2) is 0 Å². The largest absolute Gasteiger partial charge is 0.480 e.